The monoisotopic (exact) mass is 306 g/mol. The van der Waals surface area contributed by atoms with Crippen molar-refractivity contribution in [3.8, 4) is 5.75 Å². The highest BCUT2D eigenvalue weighted by atomic mass is 16.5. The lowest BCUT2D eigenvalue weighted by Gasteiger charge is -2.30. The minimum atomic E-state index is -0.279. The van der Waals surface area contributed by atoms with Gasteiger partial charge in [-0.25, -0.2) is 4.79 Å². The molecule has 6 heteroatoms. The van der Waals surface area contributed by atoms with Gasteiger partial charge in [-0.2, -0.15) is 0 Å². The van der Waals surface area contributed by atoms with Crippen molar-refractivity contribution < 1.29 is 19.1 Å². The lowest BCUT2D eigenvalue weighted by molar-refractivity contribution is -0.123. The van der Waals surface area contributed by atoms with Gasteiger partial charge in [0.15, 0.2) is 6.61 Å². The molecule has 1 N–H and O–H groups in total. The molecule has 120 valence electrons. The van der Waals surface area contributed by atoms with Crippen molar-refractivity contribution in [1.82, 2.24) is 10.2 Å². The van der Waals surface area contributed by atoms with Crippen LogP contribution in [0.25, 0.3) is 0 Å². The second-order valence-corrected chi connectivity index (χ2v) is 5.31. The van der Waals surface area contributed by atoms with E-state index in [4.69, 9.17) is 9.47 Å². The van der Waals surface area contributed by atoms with Crippen LogP contribution in [0.3, 0.4) is 0 Å². The fourth-order valence-corrected chi connectivity index (χ4v) is 2.42. The minimum absolute atomic E-state index is 0.0189. The highest BCUT2D eigenvalue weighted by Crippen LogP contribution is 2.16. The van der Waals surface area contributed by atoms with Gasteiger partial charge >= 0.3 is 6.09 Å². The van der Waals surface area contributed by atoms with Gasteiger partial charge in [-0.05, 0) is 30.9 Å². The molecule has 0 bridgehead atoms. The second kappa shape index (κ2) is 8.26. The zero-order chi connectivity index (χ0) is 15.8. The first-order valence-corrected chi connectivity index (χ1v) is 7.46. The van der Waals surface area contributed by atoms with Crippen molar-refractivity contribution in [2.75, 3.05) is 33.4 Å². The Morgan fingerprint density at radius 1 is 1.23 bits per heavy atom. The van der Waals surface area contributed by atoms with E-state index in [1.807, 2.05) is 30.3 Å². The van der Waals surface area contributed by atoms with Gasteiger partial charge in [-0.15, -0.1) is 0 Å². The Kier molecular flexibility index (Phi) is 6.06. The molecule has 1 aliphatic rings. The molecule has 1 saturated heterocycles. The second-order valence-electron chi connectivity index (χ2n) is 5.31. The van der Waals surface area contributed by atoms with Gasteiger partial charge in [0.05, 0.1) is 7.11 Å². The molecule has 1 heterocycles. The maximum absolute atomic E-state index is 11.8. The Hall–Kier alpha value is -2.24. The van der Waals surface area contributed by atoms with E-state index in [2.05, 4.69) is 5.32 Å². The summed E-state index contributed by atoms with van der Waals surface area (Å²) in [6.45, 7) is 1.98. The third-order valence-corrected chi connectivity index (χ3v) is 3.75. The van der Waals surface area contributed by atoms with Crippen molar-refractivity contribution in [1.29, 1.82) is 0 Å². The molecule has 0 saturated carbocycles. The van der Waals surface area contributed by atoms with Crippen LogP contribution in [0, 0.1) is 5.92 Å². The molecule has 0 aliphatic carbocycles. The standard InChI is InChI=1S/C16H22N2O4/c1-21-16(20)18-9-7-13(8-10-18)11-17-15(19)12-22-14-5-3-2-4-6-14/h2-6,13H,7-12H2,1H3,(H,17,19). The first kappa shape index (κ1) is 16.1. The van der Waals surface area contributed by atoms with Gasteiger partial charge in [-0.1, -0.05) is 18.2 Å². The molecule has 0 unspecified atom stereocenters. The van der Waals surface area contributed by atoms with E-state index in [0.717, 1.165) is 12.8 Å². The van der Waals surface area contributed by atoms with Gasteiger partial charge in [0, 0.05) is 19.6 Å². The third-order valence-electron chi connectivity index (χ3n) is 3.75. The highest BCUT2D eigenvalue weighted by molar-refractivity contribution is 5.77. The normalized spacial score (nSPS) is 15.2. The Morgan fingerprint density at radius 2 is 1.91 bits per heavy atom. The number of piperidine rings is 1. The average molecular weight is 306 g/mol. The van der Waals surface area contributed by atoms with Crippen molar-refractivity contribution in [2.45, 2.75) is 12.8 Å². The number of carbonyl (C=O) groups is 2. The van der Waals surface area contributed by atoms with Gasteiger partial charge < -0.3 is 19.7 Å². The molecule has 1 fully saturated rings. The summed E-state index contributed by atoms with van der Waals surface area (Å²) in [5.74, 6) is 0.949. The van der Waals surface area contributed by atoms with Crippen molar-refractivity contribution >= 4 is 12.0 Å². The zero-order valence-electron chi connectivity index (χ0n) is 12.8. The minimum Gasteiger partial charge on any atom is -0.484 e. The van der Waals surface area contributed by atoms with Crippen LogP contribution in [-0.2, 0) is 9.53 Å². The molecule has 0 radical (unpaired) electrons. The molecule has 0 aromatic heterocycles. The molecule has 1 aromatic rings. The molecule has 1 aromatic carbocycles. The summed E-state index contributed by atoms with van der Waals surface area (Å²) >= 11 is 0. The van der Waals surface area contributed by atoms with Gasteiger partial charge in [0.25, 0.3) is 5.91 Å². The number of carbonyl (C=O) groups excluding carboxylic acids is 2. The fourth-order valence-electron chi connectivity index (χ4n) is 2.42. The summed E-state index contributed by atoms with van der Waals surface area (Å²) < 4.78 is 10.1. The van der Waals surface area contributed by atoms with Crippen LogP contribution in [0.4, 0.5) is 4.79 Å². The number of rotatable bonds is 5. The van der Waals surface area contributed by atoms with Crippen LogP contribution >= 0.6 is 0 Å². The lowest BCUT2D eigenvalue weighted by atomic mass is 9.97. The van der Waals surface area contributed by atoms with Crippen molar-refractivity contribution in [3.63, 3.8) is 0 Å². The molecule has 2 rings (SSSR count). The van der Waals surface area contributed by atoms with E-state index < -0.39 is 0 Å². The van der Waals surface area contributed by atoms with E-state index in [1.54, 1.807) is 4.90 Å². The summed E-state index contributed by atoms with van der Waals surface area (Å²) in [6, 6.07) is 9.25. The van der Waals surface area contributed by atoms with E-state index in [-0.39, 0.29) is 18.6 Å². The topological polar surface area (TPSA) is 67.9 Å². The van der Waals surface area contributed by atoms with E-state index in [9.17, 15) is 9.59 Å². The fraction of sp³-hybridized carbons (Fsp3) is 0.500. The first-order valence-electron chi connectivity index (χ1n) is 7.46. The molecule has 6 nitrogen and oxygen atoms in total. The van der Waals surface area contributed by atoms with Crippen LogP contribution in [0.1, 0.15) is 12.8 Å². The van der Waals surface area contributed by atoms with Gasteiger partial charge in [0.1, 0.15) is 5.75 Å². The summed E-state index contributed by atoms with van der Waals surface area (Å²) in [4.78, 5) is 24.8. The Bertz CT molecular complexity index is 484. The summed E-state index contributed by atoms with van der Waals surface area (Å²) in [5, 5.41) is 2.88. The van der Waals surface area contributed by atoms with Crippen LogP contribution in [0.15, 0.2) is 30.3 Å². The predicted octanol–water partition coefficient (Wildman–Crippen LogP) is 1.66. The highest BCUT2D eigenvalue weighted by Gasteiger charge is 2.23. The number of para-hydroxylation sites is 1. The number of likely N-dealkylation sites (tertiary alicyclic amines) is 1. The molecular formula is C16H22N2O4. The third kappa shape index (κ3) is 4.95. The number of nitrogens with one attached hydrogen (secondary N) is 1. The molecule has 22 heavy (non-hydrogen) atoms. The van der Waals surface area contributed by atoms with E-state index in [1.165, 1.54) is 7.11 Å². The number of nitrogens with zero attached hydrogens (tertiary/aromatic N) is 1. The number of amides is 2. The number of ether oxygens (including phenoxy) is 2. The predicted molar refractivity (Wildman–Crippen MR) is 81.6 cm³/mol. The maximum Gasteiger partial charge on any atom is 0.409 e. The van der Waals surface area contributed by atoms with E-state index >= 15 is 0 Å². The SMILES string of the molecule is COC(=O)N1CCC(CNC(=O)COc2ccccc2)CC1. The summed E-state index contributed by atoms with van der Waals surface area (Å²) in [7, 11) is 1.39. The van der Waals surface area contributed by atoms with Crippen LogP contribution < -0.4 is 10.1 Å². The average Bonchev–Trinajstić information content (AvgIpc) is 2.58. The van der Waals surface area contributed by atoms with E-state index in [0.29, 0.717) is 31.3 Å². The zero-order valence-corrected chi connectivity index (χ0v) is 12.8. The van der Waals surface area contributed by atoms with Crippen LogP contribution in [-0.4, -0.2) is 50.3 Å². The Morgan fingerprint density at radius 3 is 2.55 bits per heavy atom. The molecule has 0 spiro atoms. The van der Waals surface area contributed by atoms with Crippen LogP contribution in [0.5, 0.6) is 5.75 Å². The lowest BCUT2D eigenvalue weighted by Crippen LogP contribution is -2.42. The Balaban J connectivity index is 1.62. The largest absolute Gasteiger partial charge is 0.484 e. The van der Waals surface area contributed by atoms with Gasteiger partial charge in [0.2, 0.25) is 0 Å². The summed E-state index contributed by atoms with van der Waals surface area (Å²) in [5.41, 5.74) is 0. The number of benzene rings is 1. The molecule has 0 atom stereocenters. The molecular weight excluding hydrogens is 284 g/mol. The first-order chi connectivity index (χ1) is 10.7. The molecule has 2 amide bonds. The number of hydrogen-bond acceptors (Lipinski definition) is 4. The van der Waals surface area contributed by atoms with Crippen LogP contribution in [0.2, 0.25) is 0 Å². The number of hydrogen-bond donors (Lipinski definition) is 1. The van der Waals surface area contributed by atoms with Crippen molar-refractivity contribution in [3.05, 3.63) is 30.3 Å². The molecule has 1 aliphatic heterocycles. The Labute approximate surface area is 130 Å². The van der Waals surface area contributed by atoms with Gasteiger partial charge in [-0.3, -0.25) is 4.79 Å². The smallest absolute Gasteiger partial charge is 0.409 e. The maximum atomic E-state index is 11.8. The summed E-state index contributed by atoms with van der Waals surface area (Å²) in [6.07, 6.45) is 1.46. The van der Waals surface area contributed by atoms with Crippen molar-refractivity contribution in [2.24, 2.45) is 5.92 Å². The quantitative estimate of drug-likeness (QED) is 0.898. The number of methoxy groups -OCH3 is 1.